The molecule has 2 fully saturated rings. The first-order valence-electron chi connectivity index (χ1n) is 9.79. The van der Waals surface area contributed by atoms with Crippen LogP contribution in [0.2, 0.25) is 0 Å². The van der Waals surface area contributed by atoms with E-state index in [1.807, 2.05) is 11.8 Å². The average molecular weight is 404 g/mol. The number of hydrogen-bond acceptors (Lipinski definition) is 6. The van der Waals surface area contributed by atoms with Gasteiger partial charge in [-0.1, -0.05) is 0 Å². The second-order valence-electron chi connectivity index (χ2n) is 7.31. The number of rotatable bonds is 6. The molecule has 158 valence electrons. The molecule has 1 saturated heterocycles. The van der Waals surface area contributed by atoms with Crippen molar-refractivity contribution in [2.75, 3.05) is 45.7 Å². The minimum atomic E-state index is -0.528. The molecule has 1 aromatic rings. The van der Waals surface area contributed by atoms with Crippen molar-refractivity contribution in [1.82, 2.24) is 15.1 Å². The summed E-state index contributed by atoms with van der Waals surface area (Å²) in [5, 5.41) is 5.61. The number of piperazine rings is 1. The van der Waals surface area contributed by atoms with E-state index in [1.54, 1.807) is 30.2 Å². The molecular weight excluding hydrogens is 376 g/mol. The number of nitrogens with zero attached hydrogens (tertiary/aromatic N) is 2. The number of amides is 3. The zero-order valence-corrected chi connectivity index (χ0v) is 17.1. The maximum Gasteiger partial charge on any atom is 0.311 e. The van der Waals surface area contributed by atoms with Gasteiger partial charge in [-0.2, -0.15) is 0 Å². The summed E-state index contributed by atoms with van der Waals surface area (Å²) < 4.78 is 10.5. The standard InChI is InChI=1S/C20H28N4O5/c1-13(18(25)22-15-6-7-16(28-2)17(12-15)29-3)23-8-10-24(11-9-23)20(27)19(26)21-14-4-5-14/h6-7,12-14H,4-5,8-11H2,1-3H3,(H,21,26)(H,22,25). The molecule has 3 amide bonds. The van der Waals surface area contributed by atoms with Crippen molar-refractivity contribution in [1.29, 1.82) is 0 Å². The molecule has 2 aliphatic rings. The molecule has 1 aliphatic carbocycles. The van der Waals surface area contributed by atoms with Crippen molar-refractivity contribution in [3.8, 4) is 11.5 Å². The summed E-state index contributed by atoms with van der Waals surface area (Å²) in [6.45, 7) is 3.73. The van der Waals surface area contributed by atoms with Gasteiger partial charge in [-0.15, -0.1) is 0 Å². The Kier molecular flexibility index (Phi) is 6.58. The average Bonchev–Trinajstić information content (AvgIpc) is 3.56. The van der Waals surface area contributed by atoms with Crippen LogP contribution >= 0.6 is 0 Å². The quantitative estimate of drug-likeness (QED) is 0.668. The van der Waals surface area contributed by atoms with Crippen molar-refractivity contribution in [2.45, 2.75) is 31.8 Å². The molecule has 1 atom stereocenters. The highest BCUT2D eigenvalue weighted by atomic mass is 16.5. The lowest BCUT2D eigenvalue weighted by Crippen LogP contribution is -2.56. The van der Waals surface area contributed by atoms with E-state index in [2.05, 4.69) is 10.6 Å². The molecule has 0 aromatic heterocycles. The minimum Gasteiger partial charge on any atom is -0.493 e. The van der Waals surface area contributed by atoms with Crippen LogP contribution in [0.1, 0.15) is 19.8 Å². The van der Waals surface area contributed by atoms with Gasteiger partial charge in [-0.3, -0.25) is 19.3 Å². The third kappa shape index (κ3) is 5.17. The zero-order chi connectivity index (χ0) is 21.0. The van der Waals surface area contributed by atoms with Crippen molar-refractivity contribution >= 4 is 23.4 Å². The van der Waals surface area contributed by atoms with Crippen LogP contribution in [0, 0.1) is 0 Å². The summed E-state index contributed by atoms with van der Waals surface area (Å²) in [7, 11) is 3.09. The number of hydrogen-bond donors (Lipinski definition) is 2. The highest BCUT2D eigenvalue weighted by molar-refractivity contribution is 6.35. The normalized spacial score (nSPS) is 18.0. The monoisotopic (exact) mass is 404 g/mol. The third-order valence-electron chi connectivity index (χ3n) is 5.29. The maximum atomic E-state index is 12.6. The van der Waals surface area contributed by atoms with Gasteiger partial charge in [0, 0.05) is 44.0 Å². The summed E-state index contributed by atoms with van der Waals surface area (Å²) >= 11 is 0. The van der Waals surface area contributed by atoms with Crippen LogP contribution in [0.5, 0.6) is 11.5 Å². The van der Waals surface area contributed by atoms with Crippen molar-refractivity contribution in [2.24, 2.45) is 0 Å². The number of anilines is 1. The minimum absolute atomic E-state index is 0.150. The largest absolute Gasteiger partial charge is 0.493 e. The predicted molar refractivity (Wildman–Crippen MR) is 107 cm³/mol. The van der Waals surface area contributed by atoms with Gasteiger partial charge in [-0.25, -0.2) is 0 Å². The third-order valence-corrected chi connectivity index (χ3v) is 5.29. The van der Waals surface area contributed by atoms with Gasteiger partial charge in [0.15, 0.2) is 11.5 Å². The first-order chi connectivity index (χ1) is 13.9. The van der Waals surface area contributed by atoms with E-state index in [0.29, 0.717) is 43.4 Å². The molecule has 1 unspecified atom stereocenters. The van der Waals surface area contributed by atoms with Crippen LogP contribution in [0.4, 0.5) is 5.69 Å². The van der Waals surface area contributed by atoms with Gasteiger partial charge in [0.2, 0.25) is 5.91 Å². The Balaban J connectivity index is 1.50. The number of carbonyl (C=O) groups is 3. The zero-order valence-electron chi connectivity index (χ0n) is 17.1. The van der Waals surface area contributed by atoms with E-state index in [-0.39, 0.29) is 18.0 Å². The molecule has 29 heavy (non-hydrogen) atoms. The Morgan fingerprint density at radius 1 is 1.03 bits per heavy atom. The number of carbonyl (C=O) groups excluding carboxylic acids is 3. The van der Waals surface area contributed by atoms with Crippen molar-refractivity contribution in [3.63, 3.8) is 0 Å². The lowest BCUT2D eigenvalue weighted by Gasteiger charge is -2.37. The van der Waals surface area contributed by atoms with Gasteiger partial charge in [0.1, 0.15) is 0 Å². The fraction of sp³-hybridized carbons (Fsp3) is 0.550. The second-order valence-corrected chi connectivity index (χ2v) is 7.31. The van der Waals surface area contributed by atoms with Crippen LogP contribution in [0.25, 0.3) is 0 Å². The Morgan fingerprint density at radius 2 is 1.69 bits per heavy atom. The van der Waals surface area contributed by atoms with Crippen LogP contribution < -0.4 is 20.1 Å². The smallest absolute Gasteiger partial charge is 0.311 e. The number of ether oxygens (including phenoxy) is 2. The van der Waals surface area contributed by atoms with E-state index < -0.39 is 11.8 Å². The molecular formula is C20H28N4O5. The molecule has 9 heteroatoms. The molecule has 3 rings (SSSR count). The number of benzene rings is 1. The maximum absolute atomic E-state index is 12.6. The van der Waals surface area contributed by atoms with Crippen LogP contribution in [-0.4, -0.2) is 80.0 Å². The van der Waals surface area contributed by atoms with Crippen LogP contribution in [0.3, 0.4) is 0 Å². The molecule has 0 bridgehead atoms. The Labute approximate surface area is 170 Å². The Morgan fingerprint density at radius 3 is 2.28 bits per heavy atom. The molecule has 0 spiro atoms. The fourth-order valence-corrected chi connectivity index (χ4v) is 3.26. The molecule has 1 aromatic carbocycles. The molecule has 9 nitrogen and oxygen atoms in total. The summed E-state index contributed by atoms with van der Waals surface area (Å²) in [6.07, 6.45) is 1.89. The highest BCUT2D eigenvalue weighted by Gasteiger charge is 2.32. The predicted octanol–water partition coefficient (Wildman–Crippen LogP) is 0.454. The van der Waals surface area contributed by atoms with Crippen molar-refractivity contribution in [3.05, 3.63) is 18.2 Å². The first kappa shape index (κ1) is 20.9. The number of methoxy groups -OCH3 is 2. The molecule has 1 saturated carbocycles. The summed E-state index contributed by atoms with van der Waals surface area (Å²) in [6, 6.07) is 4.98. The van der Waals surface area contributed by atoms with Crippen molar-refractivity contribution < 1.29 is 23.9 Å². The van der Waals surface area contributed by atoms with E-state index in [9.17, 15) is 14.4 Å². The van der Waals surface area contributed by atoms with E-state index in [4.69, 9.17) is 9.47 Å². The van der Waals surface area contributed by atoms with Gasteiger partial charge in [0.25, 0.3) is 0 Å². The topological polar surface area (TPSA) is 100 Å². The second kappa shape index (κ2) is 9.13. The van der Waals surface area contributed by atoms with Crippen LogP contribution in [0.15, 0.2) is 18.2 Å². The Hall–Kier alpha value is -2.81. The first-order valence-corrected chi connectivity index (χ1v) is 9.79. The summed E-state index contributed by atoms with van der Waals surface area (Å²) in [4.78, 5) is 40.3. The summed E-state index contributed by atoms with van der Waals surface area (Å²) in [5.41, 5.74) is 0.616. The molecule has 1 aliphatic heterocycles. The molecule has 2 N–H and O–H groups in total. The van der Waals surface area contributed by atoms with E-state index in [1.165, 1.54) is 7.11 Å². The van der Waals surface area contributed by atoms with Crippen LogP contribution in [-0.2, 0) is 14.4 Å². The molecule has 1 heterocycles. The summed E-state index contributed by atoms with van der Waals surface area (Å²) in [5.74, 6) is -0.0396. The lowest BCUT2D eigenvalue weighted by molar-refractivity contribution is -0.147. The lowest BCUT2D eigenvalue weighted by atomic mass is 10.2. The fourth-order valence-electron chi connectivity index (χ4n) is 3.26. The van der Waals surface area contributed by atoms with Gasteiger partial charge < -0.3 is 25.0 Å². The number of nitrogens with one attached hydrogen (secondary N) is 2. The van der Waals surface area contributed by atoms with E-state index >= 15 is 0 Å². The van der Waals surface area contributed by atoms with Gasteiger partial charge in [-0.05, 0) is 31.9 Å². The SMILES string of the molecule is COc1ccc(NC(=O)C(C)N2CCN(C(=O)C(=O)NC3CC3)CC2)cc1OC. The van der Waals surface area contributed by atoms with E-state index in [0.717, 1.165) is 12.8 Å². The highest BCUT2D eigenvalue weighted by Crippen LogP contribution is 2.29. The molecule has 0 radical (unpaired) electrons. The van der Waals surface area contributed by atoms with Gasteiger partial charge >= 0.3 is 11.8 Å². The van der Waals surface area contributed by atoms with Gasteiger partial charge in [0.05, 0.1) is 20.3 Å². The Bertz CT molecular complexity index is 772.